The lowest BCUT2D eigenvalue weighted by atomic mass is 9.87. The quantitative estimate of drug-likeness (QED) is 0.727. The van der Waals surface area contributed by atoms with Gasteiger partial charge in [-0.05, 0) is 49.3 Å². The van der Waals surface area contributed by atoms with Crippen LogP contribution < -0.4 is 5.32 Å². The maximum Gasteiger partial charge on any atom is 0.225 e. The van der Waals surface area contributed by atoms with E-state index in [4.69, 9.17) is 16.3 Å². The summed E-state index contributed by atoms with van der Waals surface area (Å²) < 4.78 is 5.51. The van der Waals surface area contributed by atoms with Gasteiger partial charge in [0.25, 0.3) is 0 Å². The van der Waals surface area contributed by atoms with Crippen LogP contribution in [0.5, 0.6) is 0 Å². The van der Waals surface area contributed by atoms with Crippen molar-refractivity contribution in [1.29, 1.82) is 0 Å². The van der Waals surface area contributed by atoms with Crippen LogP contribution in [0.3, 0.4) is 0 Å². The molecule has 1 aliphatic carbocycles. The summed E-state index contributed by atoms with van der Waals surface area (Å²) >= 11 is 6.08. The zero-order chi connectivity index (χ0) is 21.8. The monoisotopic (exact) mass is 447 g/mol. The molecule has 0 radical (unpaired) electrons. The lowest BCUT2D eigenvalue weighted by Gasteiger charge is -2.35. The summed E-state index contributed by atoms with van der Waals surface area (Å²) in [5, 5.41) is 3.86. The molecular formula is C24H34ClN3O3. The predicted octanol–water partition coefficient (Wildman–Crippen LogP) is 3.26. The fourth-order valence-electron chi connectivity index (χ4n) is 5.19. The van der Waals surface area contributed by atoms with E-state index in [0.717, 1.165) is 37.4 Å². The van der Waals surface area contributed by atoms with Crippen LogP contribution in [0.25, 0.3) is 0 Å². The fraction of sp³-hybridized carbons (Fsp3) is 0.667. The number of halogens is 1. The topological polar surface area (TPSA) is 61.9 Å². The van der Waals surface area contributed by atoms with E-state index < -0.39 is 0 Å². The number of carbonyl (C=O) groups excluding carboxylic acids is 2. The van der Waals surface area contributed by atoms with Crippen LogP contribution in [-0.2, 0) is 14.3 Å². The Balaban J connectivity index is 1.36. The number of nitrogens with one attached hydrogen (secondary N) is 1. The van der Waals surface area contributed by atoms with Gasteiger partial charge in [0.05, 0.1) is 25.2 Å². The lowest BCUT2D eigenvalue weighted by molar-refractivity contribution is -0.131. The molecule has 3 fully saturated rings. The Morgan fingerprint density at radius 1 is 1.16 bits per heavy atom. The SMILES string of the molecule is CC1CCC(N2CC(C(=O)NCC(c3ccc(Cl)cc3)N3CCOCC3)CC2=O)CC1. The van der Waals surface area contributed by atoms with Crippen molar-refractivity contribution in [2.45, 2.75) is 51.1 Å². The van der Waals surface area contributed by atoms with Crippen LogP contribution in [0.1, 0.15) is 50.6 Å². The number of amides is 2. The van der Waals surface area contributed by atoms with Crippen molar-refractivity contribution in [3.63, 3.8) is 0 Å². The minimum Gasteiger partial charge on any atom is -0.379 e. The molecule has 6 nitrogen and oxygen atoms in total. The van der Waals surface area contributed by atoms with Crippen molar-refractivity contribution in [3.8, 4) is 0 Å². The molecule has 2 heterocycles. The first-order valence-electron chi connectivity index (χ1n) is 11.7. The molecule has 2 unspecified atom stereocenters. The molecule has 2 amide bonds. The molecule has 2 atom stereocenters. The number of morpholine rings is 1. The first-order chi connectivity index (χ1) is 15.0. The van der Waals surface area contributed by atoms with Gasteiger partial charge >= 0.3 is 0 Å². The summed E-state index contributed by atoms with van der Waals surface area (Å²) in [6.07, 6.45) is 4.82. The van der Waals surface area contributed by atoms with Gasteiger partial charge in [0.1, 0.15) is 0 Å². The van der Waals surface area contributed by atoms with E-state index in [1.165, 1.54) is 12.8 Å². The Bertz CT molecular complexity index is 758. The van der Waals surface area contributed by atoms with E-state index >= 15 is 0 Å². The Hall–Kier alpha value is -1.63. The van der Waals surface area contributed by atoms with Crippen LogP contribution in [0.2, 0.25) is 5.02 Å². The van der Waals surface area contributed by atoms with Gasteiger partial charge in [0.2, 0.25) is 11.8 Å². The first-order valence-corrected chi connectivity index (χ1v) is 12.0. The summed E-state index contributed by atoms with van der Waals surface area (Å²) in [6, 6.07) is 8.23. The molecule has 4 rings (SSSR count). The molecule has 7 heteroatoms. The number of benzene rings is 1. The average molecular weight is 448 g/mol. The second-order valence-electron chi connectivity index (χ2n) is 9.32. The standard InChI is InChI=1S/C24H34ClN3O3/c1-17-2-8-21(9-3-17)28-16-19(14-23(28)29)24(30)26-15-22(27-10-12-31-13-11-27)18-4-6-20(25)7-5-18/h4-7,17,19,21-22H,2-3,8-16H2,1H3,(H,26,30). The average Bonchev–Trinajstić information content (AvgIpc) is 3.18. The second kappa shape index (κ2) is 10.3. The zero-order valence-electron chi connectivity index (χ0n) is 18.4. The zero-order valence-corrected chi connectivity index (χ0v) is 19.2. The highest BCUT2D eigenvalue weighted by Gasteiger charge is 2.39. The molecule has 3 aliphatic rings. The first kappa shape index (κ1) is 22.6. The van der Waals surface area contributed by atoms with E-state index in [1.807, 2.05) is 29.2 Å². The third-order valence-corrected chi connectivity index (χ3v) is 7.42. The van der Waals surface area contributed by atoms with E-state index in [0.29, 0.717) is 43.8 Å². The van der Waals surface area contributed by atoms with Crippen molar-refractivity contribution in [2.24, 2.45) is 11.8 Å². The summed E-state index contributed by atoms with van der Waals surface area (Å²) in [4.78, 5) is 29.9. The van der Waals surface area contributed by atoms with Crippen LogP contribution >= 0.6 is 11.6 Å². The van der Waals surface area contributed by atoms with E-state index in [1.54, 1.807) is 0 Å². The summed E-state index contributed by atoms with van der Waals surface area (Å²) in [6.45, 7) is 6.43. The molecule has 0 aromatic heterocycles. The largest absolute Gasteiger partial charge is 0.379 e. The van der Waals surface area contributed by atoms with Gasteiger partial charge in [-0.1, -0.05) is 30.7 Å². The minimum absolute atomic E-state index is 0.00718. The summed E-state index contributed by atoms with van der Waals surface area (Å²) in [5.41, 5.74) is 1.13. The van der Waals surface area contributed by atoms with E-state index in [2.05, 4.69) is 17.1 Å². The van der Waals surface area contributed by atoms with Gasteiger partial charge in [-0.25, -0.2) is 0 Å². The number of ether oxygens (including phenoxy) is 1. The molecule has 2 aliphatic heterocycles. The number of hydrogen-bond donors (Lipinski definition) is 1. The van der Waals surface area contributed by atoms with E-state index in [9.17, 15) is 9.59 Å². The van der Waals surface area contributed by atoms with Gasteiger partial charge in [0, 0.05) is 43.7 Å². The molecule has 0 spiro atoms. The van der Waals surface area contributed by atoms with Crippen molar-refractivity contribution in [2.75, 3.05) is 39.4 Å². The normalized spacial score (nSPS) is 28.5. The predicted molar refractivity (Wildman–Crippen MR) is 121 cm³/mol. The van der Waals surface area contributed by atoms with Gasteiger partial charge in [-0.3, -0.25) is 14.5 Å². The van der Waals surface area contributed by atoms with Crippen LogP contribution in [0.4, 0.5) is 0 Å². The van der Waals surface area contributed by atoms with Crippen molar-refractivity contribution >= 4 is 23.4 Å². The van der Waals surface area contributed by atoms with Crippen molar-refractivity contribution in [1.82, 2.24) is 15.1 Å². The molecule has 31 heavy (non-hydrogen) atoms. The van der Waals surface area contributed by atoms with Crippen molar-refractivity contribution < 1.29 is 14.3 Å². The fourth-order valence-corrected chi connectivity index (χ4v) is 5.31. The number of rotatable bonds is 6. The minimum atomic E-state index is -0.248. The highest BCUT2D eigenvalue weighted by Crippen LogP contribution is 2.31. The Kier molecular flexibility index (Phi) is 7.51. The third kappa shape index (κ3) is 5.60. The second-order valence-corrected chi connectivity index (χ2v) is 9.76. The van der Waals surface area contributed by atoms with Crippen LogP contribution in [0, 0.1) is 11.8 Å². The molecule has 1 aromatic carbocycles. The molecular weight excluding hydrogens is 414 g/mol. The highest BCUT2D eigenvalue weighted by atomic mass is 35.5. The maximum atomic E-state index is 13.0. The summed E-state index contributed by atoms with van der Waals surface area (Å²) in [7, 11) is 0. The lowest BCUT2D eigenvalue weighted by Crippen LogP contribution is -2.45. The van der Waals surface area contributed by atoms with Gasteiger partial charge < -0.3 is 15.0 Å². The smallest absolute Gasteiger partial charge is 0.225 e. The van der Waals surface area contributed by atoms with Crippen molar-refractivity contribution in [3.05, 3.63) is 34.9 Å². The maximum absolute atomic E-state index is 13.0. The van der Waals surface area contributed by atoms with Crippen LogP contribution in [0.15, 0.2) is 24.3 Å². The molecule has 170 valence electrons. The highest BCUT2D eigenvalue weighted by molar-refractivity contribution is 6.30. The third-order valence-electron chi connectivity index (χ3n) is 7.17. The number of likely N-dealkylation sites (tertiary alicyclic amines) is 1. The van der Waals surface area contributed by atoms with Crippen LogP contribution in [-0.4, -0.2) is 67.0 Å². The molecule has 0 bridgehead atoms. The molecule has 2 saturated heterocycles. The molecule has 1 aromatic rings. The number of carbonyl (C=O) groups is 2. The Labute approximate surface area is 190 Å². The Morgan fingerprint density at radius 2 is 1.84 bits per heavy atom. The molecule has 1 N–H and O–H groups in total. The van der Waals surface area contributed by atoms with Gasteiger partial charge in [-0.2, -0.15) is 0 Å². The van der Waals surface area contributed by atoms with Gasteiger partial charge in [-0.15, -0.1) is 0 Å². The number of hydrogen-bond acceptors (Lipinski definition) is 4. The Morgan fingerprint density at radius 3 is 2.52 bits per heavy atom. The summed E-state index contributed by atoms with van der Waals surface area (Å²) in [5.74, 6) is 0.634. The van der Waals surface area contributed by atoms with Gasteiger partial charge in [0.15, 0.2) is 0 Å². The molecule has 1 saturated carbocycles. The number of nitrogens with zero attached hydrogens (tertiary/aromatic N) is 2. The van der Waals surface area contributed by atoms with E-state index in [-0.39, 0.29) is 23.8 Å².